The molecular weight excluding hydrogens is 375 g/mol. The summed E-state index contributed by atoms with van der Waals surface area (Å²) < 4.78 is 13.9. The number of hydrogen-bond acceptors (Lipinski definition) is 2. The number of likely N-dealkylation sites (N-methyl/N-ethyl adjacent to an activating group) is 1. The van der Waals surface area contributed by atoms with E-state index in [1.165, 1.54) is 35.4 Å². The van der Waals surface area contributed by atoms with Gasteiger partial charge < -0.3 is 10.2 Å². The van der Waals surface area contributed by atoms with Crippen molar-refractivity contribution >= 4 is 29.3 Å². The SMILES string of the molecule is CCc1c(NC(=O)C=Cc2c(F)cccc2Cl)ccc2c1CN(C)CC2(C)C. The van der Waals surface area contributed by atoms with Crippen molar-refractivity contribution in [1.29, 1.82) is 0 Å². The average Bonchev–Trinajstić information content (AvgIpc) is 2.60. The summed E-state index contributed by atoms with van der Waals surface area (Å²) in [5.41, 5.74) is 4.87. The number of fused-ring (bicyclic) bond motifs is 1. The number of benzene rings is 2. The third-order valence-corrected chi connectivity index (χ3v) is 5.60. The van der Waals surface area contributed by atoms with E-state index in [1.807, 2.05) is 6.07 Å². The molecule has 1 aliphatic heterocycles. The van der Waals surface area contributed by atoms with Gasteiger partial charge in [0.25, 0.3) is 0 Å². The molecule has 0 spiro atoms. The van der Waals surface area contributed by atoms with Gasteiger partial charge in [-0.25, -0.2) is 4.39 Å². The van der Waals surface area contributed by atoms with Crippen LogP contribution >= 0.6 is 11.6 Å². The number of amides is 1. The summed E-state index contributed by atoms with van der Waals surface area (Å²) in [6.07, 6.45) is 3.55. The van der Waals surface area contributed by atoms with E-state index in [4.69, 9.17) is 11.6 Å². The van der Waals surface area contributed by atoms with Crippen LogP contribution < -0.4 is 5.32 Å². The predicted molar refractivity (Wildman–Crippen MR) is 114 cm³/mol. The Morgan fingerprint density at radius 2 is 2.07 bits per heavy atom. The van der Waals surface area contributed by atoms with Gasteiger partial charge in [-0.1, -0.05) is 44.5 Å². The molecule has 0 fully saturated rings. The monoisotopic (exact) mass is 400 g/mol. The number of nitrogens with one attached hydrogen (secondary N) is 1. The molecule has 0 radical (unpaired) electrons. The highest BCUT2D eigenvalue weighted by molar-refractivity contribution is 6.32. The Balaban J connectivity index is 1.88. The summed E-state index contributed by atoms with van der Waals surface area (Å²) in [7, 11) is 2.12. The van der Waals surface area contributed by atoms with E-state index >= 15 is 0 Å². The number of halogens is 2. The predicted octanol–water partition coefficient (Wildman–Crippen LogP) is 5.42. The lowest BCUT2D eigenvalue weighted by molar-refractivity contribution is -0.111. The van der Waals surface area contributed by atoms with Gasteiger partial charge in [0, 0.05) is 35.8 Å². The zero-order valence-corrected chi connectivity index (χ0v) is 17.5. The van der Waals surface area contributed by atoms with Crippen molar-refractivity contribution < 1.29 is 9.18 Å². The molecule has 0 saturated heterocycles. The van der Waals surface area contributed by atoms with Gasteiger partial charge in [0.2, 0.25) is 5.91 Å². The first-order valence-electron chi connectivity index (χ1n) is 9.49. The van der Waals surface area contributed by atoms with E-state index in [0.29, 0.717) is 0 Å². The largest absolute Gasteiger partial charge is 0.322 e. The van der Waals surface area contributed by atoms with Crippen LogP contribution in [0.15, 0.2) is 36.4 Å². The van der Waals surface area contributed by atoms with Gasteiger partial charge in [0.15, 0.2) is 0 Å². The second-order valence-electron chi connectivity index (χ2n) is 7.99. The van der Waals surface area contributed by atoms with E-state index in [1.54, 1.807) is 6.07 Å². The van der Waals surface area contributed by atoms with Crippen molar-refractivity contribution in [2.75, 3.05) is 18.9 Å². The summed E-state index contributed by atoms with van der Waals surface area (Å²) in [5, 5.41) is 3.23. The zero-order chi connectivity index (χ0) is 20.5. The van der Waals surface area contributed by atoms with Crippen LogP contribution in [-0.4, -0.2) is 24.4 Å². The molecule has 0 saturated carbocycles. The topological polar surface area (TPSA) is 32.3 Å². The lowest BCUT2D eigenvalue weighted by Crippen LogP contribution is -2.40. The van der Waals surface area contributed by atoms with Gasteiger partial charge in [0.05, 0.1) is 5.02 Å². The summed E-state index contributed by atoms with van der Waals surface area (Å²) >= 11 is 6.01. The van der Waals surface area contributed by atoms with Crippen molar-refractivity contribution in [3.63, 3.8) is 0 Å². The molecule has 0 atom stereocenters. The smallest absolute Gasteiger partial charge is 0.248 e. The van der Waals surface area contributed by atoms with E-state index < -0.39 is 5.82 Å². The summed E-state index contributed by atoms with van der Waals surface area (Å²) in [5.74, 6) is -0.762. The third-order valence-electron chi connectivity index (χ3n) is 5.27. The van der Waals surface area contributed by atoms with Crippen LogP contribution in [0.2, 0.25) is 5.02 Å². The molecule has 2 aromatic carbocycles. The van der Waals surface area contributed by atoms with Crippen LogP contribution in [0.5, 0.6) is 0 Å². The number of hydrogen-bond donors (Lipinski definition) is 1. The first kappa shape index (κ1) is 20.6. The van der Waals surface area contributed by atoms with E-state index in [-0.39, 0.29) is 21.9 Å². The number of nitrogens with zero attached hydrogens (tertiary/aromatic N) is 1. The Kier molecular flexibility index (Phi) is 5.92. The Hall–Kier alpha value is -2.17. The zero-order valence-electron chi connectivity index (χ0n) is 16.8. The maximum absolute atomic E-state index is 13.9. The van der Waals surface area contributed by atoms with E-state index in [2.05, 4.69) is 44.1 Å². The van der Waals surface area contributed by atoms with Crippen LogP contribution in [0.3, 0.4) is 0 Å². The van der Waals surface area contributed by atoms with Gasteiger partial charge in [-0.05, 0) is 54.4 Å². The normalized spacial score (nSPS) is 16.2. The molecule has 3 nitrogen and oxygen atoms in total. The van der Waals surface area contributed by atoms with Gasteiger partial charge in [-0.15, -0.1) is 0 Å². The van der Waals surface area contributed by atoms with Gasteiger partial charge in [-0.3, -0.25) is 4.79 Å². The van der Waals surface area contributed by atoms with Crippen LogP contribution in [0.4, 0.5) is 10.1 Å². The molecule has 2 aromatic rings. The number of rotatable bonds is 4. The van der Waals surface area contributed by atoms with Crippen LogP contribution in [0, 0.1) is 5.82 Å². The minimum Gasteiger partial charge on any atom is -0.322 e. The lowest BCUT2D eigenvalue weighted by Gasteiger charge is -2.39. The molecule has 1 aliphatic rings. The summed E-state index contributed by atoms with van der Waals surface area (Å²) in [6.45, 7) is 8.47. The standard InChI is InChI=1S/C23H26ClFN2O/c1-5-15-17-13-27(4)14-23(2,3)18(17)10-11-21(15)26-22(28)12-9-16-19(24)7-6-8-20(16)25/h6-12H,5,13-14H2,1-4H3,(H,26,28). The minimum atomic E-state index is -0.454. The number of carbonyl (C=O) groups excluding carboxylic acids is 1. The highest BCUT2D eigenvalue weighted by Gasteiger charge is 2.32. The van der Waals surface area contributed by atoms with Crippen molar-refractivity contribution in [3.05, 3.63) is 69.5 Å². The summed E-state index contributed by atoms with van der Waals surface area (Å²) in [6, 6.07) is 8.55. The molecule has 28 heavy (non-hydrogen) atoms. The fourth-order valence-corrected chi connectivity index (χ4v) is 4.34. The first-order valence-corrected chi connectivity index (χ1v) is 9.87. The minimum absolute atomic E-state index is 0.0658. The Morgan fingerprint density at radius 3 is 2.75 bits per heavy atom. The maximum atomic E-state index is 13.9. The maximum Gasteiger partial charge on any atom is 0.248 e. The lowest BCUT2D eigenvalue weighted by atomic mass is 9.76. The molecule has 0 aromatic heterocycles. The Morgan fingerprint density at radius 1 is 1.32 bits per heavy atom. The fourth-order valence-electron chi connectivity index (χ4n) is 4.12. The van der Waals surface area contributed by atoms with E-state index in [0.717, 1.165) is 30.8 Å². The highest BCUT2D eigenvalue weighted by atomic mass is 35.5. The highest BCUT2D eigenvalue weighted by Crippen LogP contribution is 2.37. The first-order chi connectivity index (χ1) is 13.2. The summed E-state index contributed by atoms with van der Waals surface area (Å²) in [4.78, 5) is 14.8. The molecule has 1 amide bonds. The average molecular weight is 401 g/mol. The fraction of sp³-hybridized carbons (Fsp3) is 0.348. The van der Waals surface area contributed by atoms with Crippen molar-refractivity contribution in [1.82, 2.24) is 4.90 Å². The molecule has 0 aliphatic carbocycles. The van der Waals surface area contributed by atoms with Gasteiger partial charge >= 0.3 is 0 Å². The molecule has 148 valence electrons. The number of carbonyl (C=O) groups is 1. The molecule has 3 rings (SSSR count). The number of anilines is 1. The molecule has 0 bridgehead atoms. The van der Waals surface area contributed by atoms with Crippen LogP contribution in [0.25, 0.3) is 6.08 Å². The Labute approximate surface area is 171 Å². The second-order valence-corrected chi connectivity index (χ2v) is 8.39. The van der Waals surface area contributed by atoms with Crippen LogP contribution in [-0.2, 0) is 23.2 Å². The van der Waals surface area contributed by atoms with Gasteiger partial charge in [-0.2, -0.15) is 0 Å². The van der Waals surface area contributed by atoms with Crippen molar-refractivity contribution in [2.45, 2.75) is 39.2 Å². The van der Waals surface area contributed by atoms with Crippen molar-refractivity contribution in [2.24, 2.45) is 0 Å². The third kappa shape index (κ3) is 4.13. The Bertz CT molecular complexity index is 916. The molecule has 1 heterocycles. The van der Waals surface area contributed by atoms with Crippen LogP contribution in [0.1, 0.15) is 43.0 Å². The second kappa shape index (κ2) is 8.06. The molecule has 5 heteroatoms. The van der Waals surface area contributed by atoms with E-state index in [9.17, 15) is 9.18 Å². The van der Waals surface area contributed by atoms with Crippen molar-refractivity contribution in [3.8, 4) is 0 Å². The molecule has 0 unspecified atom stereocenters. The van der Waals surface area contributed by atoms with Gasteiger partial charge in [0.1, 0.15) is 5.82 Å². The molecule has 1 N–H and O–H groups in total. The quantitative estimate of drug-likeness (QED) is 0.695. The molecular formula is C23H26ClFN2O.